The maximum Gasteiger partial charge on any atom is 0.411 e. The molecule has 5 nitrogen and oxygen atoms in total. The number of hydrogen-bond donors (Lipinski definition) is 2. The molecule has 0 fully saturated rings. The Hall–Kier alpha value is -1.41. The van der Waals surface area contributed by atoms with E-state index < -0.39 is 12.8 Å². The summed E-state index contributed by atoms with van der Waals surface area (Å²) in [4.78, 5) is 8.03. The number of rotatable bonds is 5. The van der Waals surface area contributed by atoms with E-state index in [9.17, 15) is 13.2 Å². The van der Waals surface area contributed by atoms with Crippen LogP contribution in [0.25, 0.3) is 0 Å². The van der Waals surface area contributed by atoms with Crippen LogP contribution in [0.3, 0.4) is 0 Å². The number of aromatic nitrogens is 2. The van der Waals surface area contributed by atoms with E-state index >= 15 is 0 Å². The van der Waals surface area contributed by atoms with Gasteiger partial charge in [0, 0.05) is 18.2 Å². The number of nitrogen functional groups attached to an aromatic ring is 1. The summed E-state index contributed by atoms with van der Waals surface area (Å²) in [7, 11) is 0. The Kier molecular flexibility index (Phi) is 4.64. The quantitative estimate of drug-likeness (QED) is 0.466. The highest BCUT2D eigenvalue weighted by Crippen LogP contribution is 2.14. The first kappa shape index (κ1) is 13.7. The van der Waals surface area contributed by atoms with Gasteiger partial charge in [-0.05, 0) is 6.92 Å². The second-order valence-corrected chi connectivity index (χ2v) is 3.37. The number of nitrogens with two attached hydrogens (primary N) is 1. The van der Waals surface area contributed by atoms with Crippen molar-refractivity contribution in [2.45, 2.75) is 19.5 Å². The van der Waals surface area contributed by atoms with Gasteiger partial charge in [0.1, 0.15) is 18.2 Å². The maximum atomic E-state index is 11.8. The molecule has 3 N–H and O–H groups in total. The fraction of sp³-hybridized carbons (Fsp3) is 0.556. The Morgan fingerprint density at radius 2 is 2.12 bits per heavy atom. The third-order valence-electron chi connectivity index (χ3n) is 1.78. The number of aryl methyl sites for hydroxylation is 1. The average molecular weight is 250 g/mol. The standard InChI is InChI=1S/C9H13F3N4O/c1-6-4-8(16-13)15-7(14-6)2-3-17-5-9(10,11)12/h4H,2-3,5,13H2,1H3,(H,14,15,16). The van der Waals surface area contributed by atoms with Crippen molar-refractivity contribution >= 4 is 5.82 Å². The van der Waals surface area contributed by atoms with Crippen LogP contribution in [0.5, 0.6) is 0 Å². The van der Waals surface area contributed by atoms with Crippen LogP contribution in [0.1, 0.15) is 11.5 Å². The van der Waals surface area contributed by atoms with Crippen LogP contribution in [-0.2, 0) is 11.2 Å². The lowest BCUT2D eigenvalue weighted by atomic mass is 10.3. The van der Waals surface area contributed by atoms with E-state index in [1.54, 1.807) is 13.0 Å². The number of alkyl halides is 3. The number of halogens is 3. The van der Waals surface area contributed by atoms with Gasteiger partial charge >= 0.3 is 6.18 Å². The fourth-order valence-electron chi connectivity index (χ4n) is 1.17. The van der Waals surface area contributed by atoms with Crippen molar-refractivity contribution < 1.29 is 17.9 Å². The molecule has 0 bridgehead atoms. The molecule has 1 aromatic heterocycles. The number of hydrogen-bond acceptors (Lipinski definition) is 5. The molecule has 1 rings (SSSR count). The molecule has 0 aliphatic rings. The first-order chi connectivity index (χ1) is 7.90. The third kappa shape index (κ3) is 5.45. The lowest BCUT2D eigenvalue weighted by molar-refractivity contribution is -0.173. The number of nitrogens with zero attached hydrogens (tertiary/aromatic N) is 2. The van der Waals surface area contributed by atoms with Gasteiger partial charge in [-0.15, -0.1) is 0 Å². The van der Waals surface area contributed by atoms with Crippen molar-refractivity contribution in [1.82, 2.24) is 9.97 Å². The highest BCUT2D eigenvalue weighted by molar-refractivity contribution is 5.33. The number of anilines is 1. The zero-order valence-corrected chi connectivity index (χ0v) is 9.21. The van der Waals surface area contributed by atoms with E-state index in [1.807, 2.05) is 0 Å². The highest BCUT2D eigenvalue weighted by Gasteiger charge is 2.27. The smallest absolute Gasteiger partial charge is 0.372 e. The Morgan fingerprint density at radius 1 is 1.41 bits per heavy atom. The monoisotopic (exact) mass is 250 g/mol. The minimum Gasteiger partial charge on any atom is -0.372 e. The lowest BCUT2D eigenvalue weighted by Crippen LogP contribution is -2.18. The molecular weight excluding hydrogens is 237 g/mol. The second kappa shape index (κ2) is 5.78. The SMILES string of the molecule is Cc1cc(NN)nc(CCOCC(F)(F)F)n1. The molecule has 0 aromatic carbocycles. The predicted octanol–water partition coefficient (Wildman–Crippen LogP) is 1.19. The molecule has 8 heteroatoms. The van der Waals surface area contributed by atoms with Gasteiger partial charge in [0.2, 0.25) is 0 Å². The first-order valence-electron chi connectivity index (χ1n) is 4.86. The average Bonchev–Trinajstić information content (AvgIpc) is 2.22. The van der Waals surface area contributed by atoms with Crippen LogP contribution < -0.4 is 11.3 Å². The third-order valence-corrected chi connectivity index (χ3v) is 1.78. The van der Waals surface area contributed by atoms with Gasteiger partial charge in [0.05, 0.1) is 6.61 Å². The zero-order chi connectivity index (χ0) is 12.9. The predicted molar refractivity (Wildman–Crippen MR) is 55.2 cm³/mol. The molecule has 1 heterocycles. The molecule has 0 amide bonds. The summed E-state index contributed by atoms with van der Waals surface area (Å²) in [6, 6.07) is 1.63. The highest BCUT2D eigenvalue weighted by atomic mass is 19.4. The molecule has 17 heavy (non-hydrogen) atoms. The summed E-state index contributed by atoms with van der Waals surface area (Å²) < 4.78 is 39.8. The van der Waals surface area contributed by atoms with Crippen molar-refractivity contribution in [2.75, 3.05) is 18.6 Å². The summed E-state index contributed by atoms with van der Waals surface area (Å²) in [5, 5.41) is 0. The maximum absolute atomic E-state index is 11.8. The van der Waals surface area contributed by atoms with E-state index in [-0.39, 0.29) is 13.0 Å². The normalized spacial score (nSPS) is 11.6. The minimum atomic E-state index is -4.31. The van der Waals surface area contributed by atoms with Crippen LogP contribution in [0.15, 0.2) is 6.07 Å². The van der Waals surface area contributed by atoms with Crippen LogP contribution >= 0.6 is 0 Å². The molecule has 0 saturated heterocycles. The number of ether oxygens (including phenoxy) is 1. The molecule has 1 aromatic rings. The molecule has 96 valence electrons. The Balaban J connectivity index is 2.44. The molecule has 0 unspecified atom stereocenters. The Morgan fingerprint density at radius 3 is 2.71 bits per heavy atom. The summed E-state index contributed by atoms with van der Waals surface area (Å²) in [6.45, 7) is 0.385. The van der Waals surface area contributed by atoms with E-state index in [4.69, 9.17) is 5.84 Å². The lowest BCUT2D eigenvalue weighted by Gasteiger charge is -2.08. The van der Waals surface area contributed by atoms with Gasteiger partial charge in [-0.2, -0.15) is 13.2 Å². The Bertz CT molecular complexity index is 370. The molecule has 0 aliphatic heterocycles. The number of nitrogens with one attached hydrogen (secondary N) is 1. The zero-order valence-electron chi connectivity index (χ0n) is 9.21. The molecular formula is C9H13F3N4O. The van der Waals surface area contributed by atoms with Crippen LogP contribution in [0.2, 0.25) is 0 Å². The molecule has 0 aliphatic carbocycles. The molecule has 0 saturated carbocycles. The van der Waals surface area contributed by atoms with Crippen molar-refractivity contribution in [1.29, 1.82) is 0 Å². The Labute approximate surface area is 96.2 Å². The van der Waals surface area contributed by atoms with Crippen molar-refractivity contribution in [3.8, 4) is 0 Å². The summed E-state index contributed by atoms with van der Waals surface area (Å²) in [5.74, 6) is 5.99. The minimum absolute atomic E-state index is 0.0903. The van der Waals surface area contributed by atoms with E-state index in [2.05, 4.69) is 20.1 Å². The van der Waals surface area contributed by atoms with Crippen molar-refractivity contribution in [2.24, 2.45) is 5.84 Å². The largest absolute Gasteiger partial charge is 0.411 e. The molecule has 0 spiro atoms. The summed E-state index contributed by atoms with van der Waals surface area (Å²) in [5.41, 5.74) is 3.03. The van der Waals surface area contributed by atoms with E-state index in [0.29, 0.717) is 17.3 Å². The first-order valence-corrected chi connectivity index (χ1v) is 4.86. The van der Waals surface area contributed by atoms with Gasteiger partial charge in [0.25, 0.3) is 0 Å². The van der Waals surface area contributed by atoms with Gasteiger partial charge < -0.3 is 10.2 Å². The van der Waals surface area contributed by atoms with Crippen LogP contribution in [0, 0.1) is 6.92 Å². The molecule has 0 atom stereocenters. The topological polar surface area (TPSA) is 73.1 Å². The van der Waals surface area contributed by atoms with Gasteiger partial charge in [-0.1, -0.05) is 0 Å². The van der Waals surface area contributed by atoms with Gasteiger partial charge in [-0.25, -0.2) is 15.8 Å². The second-order valence-electron chi connectivity index (χ2n) is 3.37. The van der Waals surface area contributed by atoms with Crippen molar-refractivity contribution in [3.05, 3.63) is 17.6 Å². The van der Waals surface area contributed by atoms with E-state index in [0.717, 1.165) is 0 Å². The van der Waals surface area contributed by atoms with Crippen molar-refractivity contribution in [3.63, 3.8) is 0 Å². The van der Waals surface area contributed by atoms with Crippen LogP contribution in [-0.4, -0.2) is 29.4 Å². The summed E-state index contributed by atoms with van der Waals surface area (Å²) in [6.07, 6.45) is -4.11. The van der Waals surface area contributed by atoms with Crippen LogP contribution in [0.4, 0.5) is 19.0 Å². The fourth-order valence-corrected chi connectivity index (χ4v) is 1.17. The summed E-state index contributed by atoms with van der Waals surface area (Å²) >= 11 is 0. The molecule has 0 radical (unpaired) electrons. The van der Waals surface area contributed by atoms with E-state index in [1.165, 1.54) is 0 Å². The van der Waals surface area contributed by atoms with Gasteiger partial charge in [0.15, 0.2) is 0 Å². The number of hydrazine groups is 1. The van der Waals surface area contributed by atoms with Gasteiger partial charge in [-0.3, -0.25) is 0 Å².